The molecule has 1 atom stereocenters. The largest absolute Gasteiger partial charge is 0.444 e. The first-order valence-electron chi connectivity index (χ1n) is 11.9. The van der Waals surface area contributed by atoms with Crippen molar-refractivity contribution in [1.82, 2.24) is 15.5 Å². The Balaban J connectivity index is 1.82. The monoisotopic (exact) mass is 440 g/mol. The number of carbonyl (C=O) groups is 1. The van der Waals surface area contributed by atoms with Gasteiger partial charge in [0.1, 0.15) is 5.60 Å². The Morgan fingerprint density at radius 2 is 1.84 bits per heavy atom. The van der Waals surface area contributed by atoms with Crippen LogP contribution in [0.1, 0.15) is 73.1 Å². The van der Waals surface area contributed by atoms with Gasteiger partial charge < -0.3 is 29.7 Å². The predicted octanol–water partition coefficient (Wildman–Crippen LogP) is 3.31. The Bertz CT molecular complexity index is 573. The maximum atomic E-state index is 12.4. The Kier molecular flexibility index (Phi) is 9.88. The maximum Gasteiger partial charge on any atom is 0.408 e. The molecule has 0 bridgehead atoms. The van der Waals surface area contributed by atoms with Crippen LogP contribution in [-0.2, 0) is 14.2 Å². The van der Waals surface area contributed by atoms with Crippen LogP contribution in [0.3, 0.4) is 0 Å². The minimum Gasteiger partial charge on any atom is -0.444 e. The first kappa shape index (κ1) is 25.7. The second-order valence-corrected chi connectivity index (χ2v) is 9.67. The summed E-state index contributed by atoms with van der Waals surface area (Å²) >= 11 is 0. The fourth-order valence-corrected chi connectivity index (χ4v) is 4.08. The Hall–Kier alpha value is -1.54. The van der Waals surface area contributed by atoms with Crippen LogP contribution in [0.2, 0.25) is 0 Å². The average molecular weight is 441 g/mol. The highest BCUT2D eigenvalue weighted by Crippen LogP contribution is 2.19. The van der Waals surface area contributed by atoms with Gasteiger partial charge in [0.2, 0.25) is 0 Å². The van der Waals surface area contributed by atoms with E-state index in [0.29, 0.717) is 13.2 Å². The minimum absolute atomic E-state index is 0.279. The standard InChI is InChI=1S/C23H44N4O4/c1-7-23(8-2,26-21(28)31-22(3,4)5)17-25-20(24-6)27-13-11-18(12-14-27)30-16-19-10-9-15-29-19/h18-19H,7-17H2,1-6H3,(H,24,25)(H,26,28). The molecule has 2 aliphatic heterocycles. The maximum absolute atomic E-state index is 12.4. The van der Waals surface area contributed by atoms with Gasteiger partial charge >= 0.3 is 6.09 Å². The van der Waals surface area contributed by atoms with E-state index >= 15 is 0 Å². The summed E-state index contributed by atoms with van der Waals surface area (Å²) in [5.74, 6) is 0.870. The number of hydrogen-bond donors (Lipinski definition) is 2. The van der Waals surface area contributed by atoms with Gasteiger partial charge in [-0.25, -0.2) is 4.79 Å². The average Bonchev–Trinajstić information content (AvgIpc) is 3.25. The van der Waals surface area contributed by atoms with Crippen molar-refractivity contribution >= 4 is 12.1 Å². The van der Waals surface area contributed by atoms with E-state index in [4.69, 9.17) is 14.2 Å². The van der Waals surface area contributed by atoms with Gasteiger partial charge in [-0.3, -0.25) is 4.99 Å². The molecule has 2 aliphatic rings. The van der Waals surface area contributed by atoms with E-state index in [1.165, 1.54) is 0 Å². The fraction of sp³-hybridized carbons (Fsp3) is 0.913. The lowest BCUT2D eigenvalue weighted by Gasteiger charge is -2.38. The molecule has 2 saturated heterocycles. The van der Waals surface area contributed by atoms with E-state index in [1.807, 2.05) is 27.8 Å². The number of hydrogen-bond acceptors (Lipinski definition) is 5. The molecule has 31 heavy (non-hydrogen) atoms. The molecular weight excluding hydrogens is 396 g/mol. The van der Waals surface area contributed by atoms with Gasteiger partial charge in [-0.05, 0) is 59.3 Å². The SMILES string of the molecule is CCC(CC)(CNC(=NC)N1CCC(OCC2CCCO2)CC1)NC(=O)OC(C)(C)C. The normalized spacial score (nSPS) is 21.3. The van der Waals surface area contributed by atoms with Gasteiger partial charge in [0.25, 0.3) is 0 Å². The number of nitrogens with zero attached hydrogens (tertiary/aromatic N) is 2. The van der Waals surface area contributed by atoms with E-state index in [-0.39, 0.29) is 23.8 Å². The summed E-state index contributed by atoms with van der Waals surface area (Å²) in [4.78, 5) is 19.1. The highest BCUT2D eigenvalue weighted by molar-refractivity contribution is 5.80. The number of amides is 1. The van der Waals surface area contributed by atoms with Gasteiger partial charge in [-0.15, -0.1) is 0 Å². The molecule has 8 heteroatoms. The molecule has 8 nitrogen and oxygen atoms in total. The lowest BCUT2D eigenvalue weighted by molar-refractivity contribution is -0.0367. The quantitative estimate of drug-likeness (QED) is 0.445. The van der Waals surface area contributed by atoms with Gasteiger partial charge in [0, 0.05) is 33.3 Å². The third-order valence-corrected chi connectivity index (χ3v) is 6.20. The zero-order valence-corrected chi connectivity index (χ0v) is 20.5. The van der Waals surface area contributed by atoms with Crippen LogP contribution < -0.4 is 10.6 Å². The Labute approximate surface area is 188 Å². The molecule has 0 radical (unpaired) electrons. The van der Waals surface area contributed by atoms with Gasteiger partial charge in [-0.1, -0.05) is 13.8 Å². The van der Waals surface area contributed by atoms with E-state index in [1.54, 1.807) is 0 Å². The number of likely N-dealkylation sites (tertiary alicyclic amines) is 1. The smallest absolute Gasteiger partial charge is 0.408 e. The van der Waals surface area contributed by atoms with Crippen LogP contribution >= 0.6 is 0 Å². The van der Waals surface area contributed by atoms with Crippen molar-refractivity contribution in [2.24, 2.45) is 4.99 Å². The highest BCUT2D eigenvalue weighted by Gasteiger charge is 2.32. The lowest BCUT2D eigenvalue weighted by atomic mass is 9.93. The van der Waals surface area contributed by atoms with Crippen LogP contribution in [-0.4, -0.2) is 80.2 Å². The highest BCUT2D eigenvalue weighted by atomic mass is 16.6. The van der Waals surface area contributed by atoms with Crippen molar-refractivity contribution in [3.63, 3.8) is 0 Å². The molecule has 1 amide bonds. The zero-order chi connectivity index (χ0) is 22.9. The summed E-state index contributed by atoms with van der Waals surface area (Å²) in [7, 11) is 1.81. The van der Waals surface area contributed by atoms with Crippen LogP contribution in [0.4, 0.5) is 4.79 Å². The van der Waals surface area contributed by atoms with E-state index < -0.39 is 5.60 Å². The van der Waals surface area contributed by atoms with Crippen molar-refractivity contribution in [2.45, 2.75) is 96.5 Å². The third-order valence-electron chi connectivity index (χ3n) is 6.20. The second kappa shape index (κ2) is 11.9. The number of aliphatic imine (C=N–C) groups is 1. The first-order valence-corrected chi connectivity index (χ1v) is 11.9. The van der Waals surface area contributed by atoms with Crippen molar-refractivity contribution in [3.05, 3.63) is 0 Å². The molecule has 0 aliphatic carbocycles. The van der Waals surface area contributed by atoms with Crippen molar-refractivity contribution in [2.75, 3.05) is 39.9 Å². The molecular formula is C23H44N4O4. The molecule has 0 saturated carbocycles. The molecule has 0 aromatic carbocycles. The Morgan fingerprint density at radius 3 is 2.35 bits per heavy atom. The van der Waals surface area contributed by atoms with Crippen molar-refractivity contribution in [1.29, 1.82) is 0 Å². The topological polar surface area (TPSA) is 84.4 Å². The van der Waals surface area contributed by atoms with Gasteiger partial charge in [-0.2, -0.15) is 0 Å². The number of carbonyl (C=O) groups excluding carboxylic acids is 1. The minimum atomic E-state index is -0.517. The summed E-state index contributed by atoms with van der Waals surface area (Å²) in [5, 5.41) is 6.58. The molecule has 2 rings (SSSR count). The predicted molar refractivity (Wildman–Crippen MR) is 124 cm³/mol. The number of alkyl carbamates (subject to hydrolysis) is 1. The number of rotatable bonds is 8. The van der Waals surface area contributed by atoms with Gasteiger partial charge in [0.15, 0.2) is 5.96 Å². The van der Waals surface area contributed by atoms with Crippen molar-refractivity contribution < 1.29 is 19.0 Å². The van der Waals surface area contributed by atoms with E-state index in [0.717, 1.165) is 64.2 Å². The number of nitrogens with one attached hydrogen (secondary N) is 2. The van der Waals surface area contributed by atoms with Crippen LogP contribution in [0.5, 0.6) is 0 Å². The zero-order valence-electron chi connectivity index (χ0n) is 20.5. The third kappa shape index (κ3) is 8.48. The van der Waals surface area contributed by atoms with Crippen LogP contribution in [0.25, 0.3) is 0 Å². The first-order chi connectivity index (χ1) is 14.7. The van der Waals surface area contributed by atoms with E-state index in [9.17, 15) is 4.79 Å². The molecule has 2 fully saturated rings. The molecule has 0 aromatic heterocycles. The lowest BCUT2D eigenvalue weighted by Crippen LogP contribution is -2.58. The Morgan fingerprint density at radius 1 is 1.16 bits per heavy atom. The summed E-state index contributed by atoms with van der Waals surface area (Å²) in [6.45, 7) is 13.8. The fourth-order valence-electron chi connectivity index (χ4n) is 4.08. The summed E-state index contributed by atoms with van der Waals surface area (Å²) in [5.41, 5.74) is -0.905. The molecule has 1 unspecified atom stereocenters. The van der Waals surface area contributed by atoms with Gasteiger partial charge in [0.05, 0.1) is 24.4 Å². The number of ether oxygens (including phenoxy) is 3. The van der Waals surface area contributed by atoms with E-state index in [2.05, 4.69) is 34.4 Å². The van der Waals surface area contributed by atoms with Crippen molar-refractivity contribution in [3.8, 4) is 0 Å². The number of piperidine rings is 1. The molecule has 180 valence electrons. The summed E-state index contributed by atoms with van der Waals surface area (Å²) in [6.07, 6.45) is 6.01. The summed E-state index contributed by atoms with van der Waals surface area (Å²) in [6, 6.07) is 0. The van der Waals surface area contributed by atoms with Crippen LogP contribution in [0, 0.1) is 0 Å². The second-order valence-electron chi connectivity index (χ2n) is 9.67. The van der Waals surface area contributed by atoms with Crippen LogP contribution in [0.15, 0.2) is 4.99 Å². The molecule has 2 heterocycles. The molecule has 0 spiro atoms. The molecule has 2 N–H and O–H groups in total. The summed E-state index contributed by atoms with van der Waals surface area (Å²) < 4.78 is 17.2. The number of guanidine groups is 1. The molecule has 0 aromatic rings.